The predicted molar refractivity (Wildman–Crippen MR) is 45.6 cm³/mol. The number of nitrogens with zero attached hydrogens (tertiary/aromatic N) is 1. The first-order valence-electron chi connectivity index (χ1n) is 3.42. The van der Waals surface area contributed by atoms with Gasteiger partial charge in [-0.3, -0.25) is 0 Å². The molecule has 0 aliphatic heterocycles. The van der Waals surface area contributed by atoms with Gasteiger partial charge in [0.15, 0.2) is 0 Å². The van der Waals surface area contributed by atoms with E-state index in [1.54, 1.807) is 6.07 Å². The zero-order valence-electron chi connectivity index (χ0n) is 6.69. The maximum absolute atomic E-state index is 12.3. The minimum Gasteiger partial charge on any atom is -0.397 e. The van der Waals surface area contributed by atoms with Crippen molar-refractivity contribution in [3.8, 4) is 6.07 Å². The van der Waals surface area contributed by atoms with Crippen molar-refractivity contribution >= 4 is 17.3 Å². The molecule has 6 heteroatoms. The smallest absolute Gasteiger partial charge is 0.397 e. The standard InChI is InChI=1S/C8H4ClF3N2/c9-7-5(8(10,11)12)1-4(3-13)2-6(7)14/h1-2H,14H2. The molecule has 0 saturated heterocycles. The second-order valence-electron chi connectivity index (χ2n) is 2.54. The first kappa shape index (κ1) is 10.7. The number of benzene rings is 1. The van der Waals surface area contributed by atoms with E-state index in [0.717, 1.165) is 6.07 Å². The third-order valence-corrected chi connectivity index (χ3v) is 1.96. The maximum Gasteiger partial charge on any atom is 0.417 e. The molecule has 74 valence electrons. The van der Waals surface area contributed by atoms with Crippen LogP contribution >= 0.6 is 11.6 Å². The van der Waals surface area contributed by atoms with E-state index in [2.05, 4.69) is 0 Å². The molecule has 0 atom stereocenters. The second-order valence-corrected chi connectivity index (χ2v) is 2.91. The van der Waals surface area contributed by atoms with Gasteiger partial charge in [0, 0.05) is 0 Å². The largest absolute Gasteiger partial charge is 0.417 e. The molecular formula is C8H4ClF3N2. The Labute approximate surface area is 82.7 Å². The van der Waals surface area contributed by atoms with Crippen LogP contribution in [0.15, 0.2) is 12.1 Å². The van der Waals surface area contributed by atoms with E-state index in [4.69, 9.17) is 22.6 Å². The van der Waals surface area contributed by atoms with Crippen LogP contribution in [0.4, 0.5) is 18.9 Å². The van der Waals surface area contributed by atoms with Gasteiger partial charge in [-0.2, -0.15) is 18.4 Å². The molecule has 1 aromatic carbocycles. The molecule has 0 amide bonds. The molecular weight excluding hydrogens is 217 g/mol. The Kier molecular flexibility index (Phi) is 2.58. The summed E-state index contributed by atoms with van der Waals surface area (Å²) in [4.78, 5) is 0. The Balaban J connectivity index is 3.44. The van der Waals surface area contributed by atoms with Gasteiger partial charge in [0.1, 0.15) is 0 Å². The van der Waals surface area contributed by atoms with Crippen molar-refractivity contribution in [2.24, 2.45) is 0 Å². The summed E-state index contributed by atoms with van der Waals surface area (Å²) in [5.74, 6) is 0. The molecule has 0 bridgehead atoms. The molecule has 1 rings (SSSR count). The minimum absolute atomic E-state index is 0.167. The monoisotopic (exact) mass is 220 g/mol. The highest BCUT2D eigenvalue weighted by Crippen LogP contribution is 2.37. The zero-order chi connectivity index (χ0) is 10.9. The molecule has 1 aromatic rings. The lowest BCUT2D eigenvalue weighted by molar-refractivity contribution is -0.137. The average Bonchev–Trinajstić information content (AvgIpc) is 2.07. The van der Waals surface area contributed by atoms with Crippen LogP contribution in [0, 0.1) is 11.3 Å². The predicted octanol–water partition coefficient (Wildman–Crippen LogP) is 2.81. The number of rotatable bonds is 0. The summed E-state index contributed by atoms with van der Waals surface area (Å²) in [6, 6.07) is 3.33. The molecule has 0 heterocycles. The van der Waals surface area contributed by atoms with Gasteiger partial charge in [0.05, 0.1) is 27.9 Å². The molecule has 14 heavy (non-hydrogen) atoms. The number of hydrogen-bond donors (Lipinski definition) is 1. The average molecular weight is 221 g/mol. The summed E-state index contributed by atoms with van der Waals surface area (Å²) in [6.45, 7) is 0. The van der Waals surface area contributed by atoms with Gasteiger partial charge in [-0.1, -0.05) is 11.6 Å². The van der Waals surface area contributed by atoms with Crippen molar-refractivity contribution in [1.82, 2.24) is 0 Å². The first-order chi connectivity index (χ1) is 6.36. The van der Waals surface area contributed by atoms with Crippen LogP contribution in [0.25, 0.3) is 0 Å². The van der Waals surface area contributed by atoms with Crippen LogP contribution in [0.5, 0.6) is 0 Å². The van der Waals surface area contributed by atoms with Gasteiger partial charge in [-0.05, 0) is 12.1 Å². The fraction of sp³-hybridized carbons (Fsp3) is 0.125. The Morgan fingerprint density at radius 3 is 2.36 bits per heavy atom. The van der Waals surface area contributed by atoms with E-state index in [-0.39, 0.29) is 11.3 Å². The van der Waals surface area contributed by atoms with Gasteiger partial charge < -0.3 is 5.73 Å². The van der Waals surface area contributed by atoms with Gasteiger partial charge in [0.2, 0.25) is 0 Å². The van der Waals surface area contributed by atoms with E-state index < -0.39 is 16.8 Å². The van der Waals surface area contributed by atoms with Crippen LogP contribution in [-0.2, 0) is 6.18 Å². The van der Waals surface area contributed by atoms with Crippen molar-refractivity contribution in [3.63, 3.8) is 0 Å². The Morgan fingerprint density at radius 1 is 1.36 bits per heavy atom. The number of halogens is 4. The van der Waals surface area contributed by atoms with Crippen LogP contribution < -0.4 is 5.73 Å². The molecule has 2 N–H and O–H groups in total. The Hall–Kier alpha value is -1.41. The number of anilines is 1. The third kappa shape index (κ3) is 1.91. The molecule has 0 radical (unpaired) electrons. The number of nitrogen functional groups attached to an aromatic ring is 1. The molecule has 0 aliphatic rings. The van der Waals surface area contributed by atoms with Gasteiger partial charge in [-0.15, -0.1) is 0 Å². The van der Waals surface area contributed by atoms with Gasteiger partial charge >= 0.3 is 6.18 Å². The normalized spacial score (nSPS) is 11.1. The van der Waals surface area contributed by atoms with E-state index in [0.29, 0.717) is 6.07 Å². The SMILES string of the molecule is N#Cc1cc(N)c(Cl)c(C(F)(F)F)c1. The zero-order valence-corrected chi connectivity index (χ0v) is 7.45. The summed E-state index contributed by atoms with van der Waals surface area (Å²) < 4.78 is 36.9. The first-order valence-corrected chi connectivity index (χ1v) is 3.80. The van der Waals surface area contributed by atoms with Crippen molar-refractivity contribution in [2.75, 3.05) is 5.73 Å². The summed E-state index contributed by atoms with van der Waals surface area (Å²) >= 11 is 5.35. The lowest BCUT2D eigenvalue weighted by Gasteiger charge is -2.10. The highest BCUT2D eigenvalue weighted by Gasteiger charge is 2.34. The van der Waals surface area contributed by atoms with Crippen molar-refractivity contribution in [2.45, 2.75) is 6.18 Å². The van der Waals surface area contributed by atoms with E-state index in [9.17, 15) is 13.2 Å². The summed E-state index contributed by atoms with van der Waals surface area (Å²) in [5, 5.41) is 7.85. The summed E-state index contributed by atoms with van der Waals surface area (Å²) in [7, 11) is 0. The van der Waals surface area contributed by atoms with Crippen molar-refractivity contribution in [1.29, 1.82) is 5.26 Å². The van der Waals surface area contributed by atoms with Crippen molar-refractivity contribution in [3.05, 3.63) is 28.3 Å². The molecule has 2 nitrogen and oxygen atoms in total. The third-order valence-electron chi connectivity index (χ3n) is 1.54. The van der Waals surface area contributed by atoms with Gasteiger partial charge in [0.25, 0.3) is 0 Å². The van der Waals surface area contributed by atoms with Crippen LogP contribution in [0.2, 0.25) is 5.02 Å². The molecule has 0 fully saturated rings. The molecule has 0 saturated carbocycles. The summed E-state index contributed by atoms with van der Waals surface area (Å²) in [6.07, 6.45) is -4.60. The molecule has 0 aromatic heterocycles. The lowest BCUT2D eigenvalue weighted by Crippen LogP contribution is -2.07. The Bertz CT molecular complexity index is 406. The van der Waals surface area contributed by atoms with Crippen LogP contribution in [-0.4, -0.2) is 0 Å². The topological polar surface area (TPSA) is 49.8 Å². The number of alkyl halides is 3. The highest BCUT2D eigenvalue weighted by atomic mass is 35.5. The maximum atomic E-state index is 12.3. The molecule has 0 spiro atoms. The number of nitrogens with two attached hydrogens (primary N) is 1. The highest BCUT2D eigenvalue weighted by molar-refractivity contribution is 6.34. The van der Waals surface area contributed by atoms with Crippen LogP contribution in [0.3, 0.4) is 0 Å². The quantitative estimate of drug-likeness (QED) is 0.684. The molecule has 0 unspecified atom stereocenters. The second kappa shape index (κ2) is 3.39. The molecule has 0 aliphatic carbocycles. The van der Waals surface area contributed by atoms with E-state index in [1.165, 1.54) is 0 Å². The fourth-order valence-electron chi connectivity index (χ4n) is 0.918. The Morgan fingerprint density at radius 2 is 1.93 bits per heavy atom. The minimum atomic E-state index is -4.60. The van der Waals surface area contributed by atoms with Gasteiger partial charge in [-0.25, -0.2) is 0 Å². The lowest BCUT2D eigenvalue weighted by atomic mass is 10.1. The van der Waals surface area contributed by atoms with Crippen LogP contribution in [0.1, 0.15) is 11.1 Å². The number of hydrogen-bond acceptors (Lipinski definition) is 2. The fourth-order valence-corrected chi connectivity index (χ4v) is 1.13. The number of nitriles is 1. The van der Waals surface area contributed by atoms with E-state index >= 15 is 0 Å². The summed E-state index contributed by atoms with van der Waals surface area (Å²) in [5.41, 5.74) is 3.70. The van der Waals surface area contributed by atoms with E-state index in [1.807, 2.05) is 0 Å². The van der Waals surface area contributed by atoms with Crippen molar-refractivity contribution < 1.29 is 13.2 Å².